The highest BCUT2D eigenvalue weighted by molar-refractivity contribution is 7.89. The van der Waals surface area contributed by atoms with E-state index in [1.807, 2.05) is 18.2 Å². The first kappa shape index (κ1) is 23.6. The van der Waals surface area contributed by atoms with Crippen LogP contribution in [0.3, 0.4) is 0 Å². The molecule has 0 amide bonds. The Morgan fingerprint density at radius 1 is 1.19 bits per heavy atom. The number of primary sulfonamides is 1. The highest BCUT2D eigenvalue weighted by atomic mass is 35.5. The number of benzene rings is 2. The van der Waals surface area contributed by atoms with E-state index in [1.165, 1.54) is 23.1 Å². The normalized spacial score (nSPS) is 20.8. The number of ether oxygens (including phenoxy) is 1. The van der Waals surface area contributed by atoms with Crippen molar-refractivity contribution in [3.05, 3.63) is 64.2 Å². The maximum atomic E-state index is 11.4. The summed E-state index contributed by atoms with van der Waals surface area (Å²) in [6, 6.07) is 14.9. The summed E-state index contributed by atoms with van der Waals surface area (Å²) >= 11 is 6.16. The molecule has 0 spiro atoms. The summed E-state index contributed by atoms with van der Waals surface area (Å²) < 4.78 is 29.2. The molecule has 1 aliphatic carbocycles. The maximum Gasteiger partial charge on any atom is 0.209 e. The molecule has 1 saturated carbocycles. The average Bonchev–Trinajstić information content (AvgIpc) is 2.72. The molecule has 0 aromatic heterocycles. The molecule has 2 aliphatic rings. The number of fused-ring (bicyclic) bond motifs is 1. The van der Waals surface area contributed by atoms with Crippen molar-refractivity contribution < 1.29 is 13.2 Å². The van der Waals surface area contributed by atoms with Crippen LogP contribution in [0.25, 0.3) is 0 Å². The first-order chi connectivity index (χ1) is 15.3. The highest BCUT2D eigenvalue weighted by Crippen LogP contribution is 2.53. The van der Waals surface area contributed by atoms with Crippen molar-refractivity contribution in [3.63, 3.8) is 0 Å². The summed E-state index contributed by atoms with van der Waals surface area (Å²) in [5, 5.41) is 9.78. The van der Waals surface area contributed by atoms with Gasteiger partial charge in [-0.25, -0.2) is 13.6 Å². The second-order valence-electron chi connectivity index (χ2n) is 9.20. The van der Waals surface area contributed by atoms with Crippen molar-refractivity contribution >= 4 is 21.6 Å². The Balaban J connectivity index is 1.61. The van der Waals surface area contributed by atoms with Crippen molar-refractivity contribution in [3.8, 4) is 5.75 Å². The van der Waals surface area contributed by atoms with Crippen LogP contribution in [0, 0.1) is 0 Å². The number of hydrogen-bond acceptors (Lipinski definition) is 4. The van der Waals surface area contributed by atoms with Gasteiger partial charge in [0, 0.05) is 16.5 Å². The summed E-state index contributed by atoms with van der Waals surface area (Å²) in [5.41, 5.74) is 4.05. The average molecular weight is 477 g/mol. The third kappa shape index (κ3) is 5.14. The van der Waals surface area contributed by atoms with Gasteiger partial charge in [0.1, 0.15) is 5.75 Å². The number of rotatable bonds is 9. The number of sulfonamides is 1. The van der Waals surface area contributed by atoms with Crippen LogP contribution in [0.5, 0.6) is 5.75 Å². The van der Waals surface area contributed by atoms with Crippen molar-refractivity contribution in [2.45, 2.75) is 69.4 Å². The summed E-state index contributed by atoms with van der Waals surface area (Å²) in [7, 11) is -3.50. The van der Waals surface area contributed by atoms with Gasteiger partial charge in [-0.2, -0.15) is 0 Å². The smallest absolute Gasteiger partial charge is 0.209 e. The minimum atomic E-state index is -3.50. The SMILES string of the molecule is CCCC(CCS(N)(=O)=O)Oc1ccc2c(c1)C(C1(c3ccc(Cl)cc3)CCC1)NCC2. The fraction of sp³-hybridized carbons (Fsp3) is 0.520. The van der Waals surface area contributed by atoms with Crippen molar-refractivity contribution in [1.82, 2.24) is 5.32 Å². The number of hydrogen-bond donors (Lipinski definition) is 2. The molecule has 3 N–H and O–H groups in total. The topological polar surface area (TPSA) is 81.4 Å². The Kier molecular flexibility index (Phi) is 7.15. The zero-order chi connectivity index (χ0) is 22.8. The van der Waals surface area contributed by atoms with E-state index in [-0.39, 0.29) is 23.3 Å². The molecule has 32 heavy (non-hydrogen) atoms. The summed E-state index contributed by atoms with van der Waals surface area (Å²) in [4.78, 5) is 0. The van der Waals surface area contributed by atoms with Crippen molar-refractivity contribution in [1.29, 1.82) is 0 Å². The predicted molar refractivity (Wildman–Crippen MR) is 130 cm³/mol. The lowest BCUT2D eigenvalue weighted by Gasteiger charge is -2.50. The Bertz CT molecular complexity index is 1040. The minimum Gasteiger partial charge on any atom is -0.490 e. The van der Waals surface area contributed by atoms with Crippen LogP contribution in [-0.4, -0.2) is 26.8 Å². The van der Waals surface area contributed by atoms with E-state index in [0.717, 1.165) is 49.4 Å². The van der Waals surface area contributed by atoms with Crippen LogP contribution in [-0.2, 0) is 21.9 Å². The molecule has 174 valence electrons. The number of nitrogens with one attached hydrogen (secondary N) is 1. The summed E-state index contributed by atoms with van der Waals surface area (Å²) in [5.74, 6) is 0.739. The van der Waals surface area contributed by atoms with E-state index in [2.05, 4.69) is 36.5 Å². The van der Waals surface area contributed by atoms with Gasteiger partial charge in [0.25, 0.3) is 0 Å². The lowest BCUT2D eigenvalue weighted by atomic mass is 9.58. The first-order valence-electron chi connectivity index (χ1n) is 11.6. The third-order valence-corrected chi connectivity index (χ3v) is 8.08. The molecular formula is C25H33ClN2O3S. The monoisotopic (exact) mass is 476 g/mol. The molecule has 2 aromatic carbocycles. The van der Waals surface area contributed by atoms with Crippen LogP contribution in [0.4, 0.5) is 0 Å². The zero-order valence-corrected chi connectivity index (χ0v) is 20.2. The van der Waals surface area contributed by atoms with Gasteiger partial charge < -0.3 is 10.1 Å². The van der Waals surface area contributed by atoms with Gasteiger partial charge in [-0.1, -0.05) is 49.6 Å². The molecule has 1 aliphatic heterocycles. The lowest BCUT2D eigenvalue weighted by molar-refractivity contribution is 0.162. The fourth-order valence-electron chi connectivity index (χ4n) is 5.25. The van der Waals surface area contributed by atoms with Crippen molar-refractivity contribution in [2.24, 2.45) is 5.14 Å². The van der Waals surface area contributed by atoms with Crippen LogP contribution in [0.2, 0.25) is 5.02 Å². The molecule has 1 fully saturated rings. The van der Waals surface area contributed by atoms with E-state index in [1.54, 1.807) is 0 Å². The van der Waals surface area contributed by atoms with Crippen LogP contribution >= 0.6 is 11.6 Å². The third-order valence-electron chi connectivity index (χ3n) is 7.03. The van der Waals surface area contributed by atoms with Crippen LogP contribution in [0.15, 0.2) is 42.5 Å². The quantitative estimate of drug-likeness (QED) is 0.540. The Hall–Kier alpha value is -1.60. The van der Waals surface area contributed by atoms with Gasteiger partial charge in [-0.05, 0) is 79.6 Å². The van der Waals surface area contributed by atoms with Gasteiger partial charge >= 0.3 is 0 Å². The maximum absolute atomic E-state index is 11.4. The van der Waals surface area contributed by atoms with E-state index in [0.29, 0.717) is 6.42 Å². The molecule has 7 heteroatoms. The second-order valence-corrected chi connectivity index (χ2v) is 11.4. The van der Waals surface area contributed by atoms with Gasteiger partial charge in [-0.15, -0.1) is 0 Å². The lowest BCUT2D eigenvalue weighted by Crippen LogP contribution is -2.49. The van der Waals surface area contributed by atoms with E-state index < -0.39 is 10.0 Å². The van der Waals surface area contributed by atoms with Gasteiger partial charge in [0.2, 0.25) is 10.0 Å². The molecule has 2 atom stereocenters. The molecular weight excluding hydrogens is 444 g/mol. The molecule has 2 unspecified atom stereocenters. The molecule has 5 nitrogen and oxygen atoms in total. The molecule has 2 aromatic rings. The number of nitrogens with two attached hydrogens (primary N) is 1. The molecule has 0 radical (unpaired) electrons. The summed E-state index contributed by atoms with van der Waals surface area (Å²) in [6.07, 6.45) is 6.45. The predicted octanol–water partition coefficient (Wildman–Crippen LogP) is 4.87. The molecule has 1 heterocycles. The number of halogens is 1. The summed E-state index contributed by atoms with van der Waals surface area (Å²) in [6.45, 7) is 3.03. The van der Waals surface area contributed by atoms with E-state index in [4.69, 9.17) is 21.5 Å². The Morgan fingerprint density at radius 3 is 2.56 bits per heavy atom. The first-order valence-corrected chi connectivity index (χ1v) is 13.7. The van der Waals surface area contributed by atoms with Crippen molar-refractivity contribution in [2.75, 3.05) is 12.3 Å². The molecule has 0 saturated heterocycles. The van der Waals surface area contributed by atoms with Crippen LogP contribution < -0.4 is 15.2 Å². The minimum absolute atomic E-state index is 0.0630. The fourth-order valence-corrected chi connectivity index (χ4v) is 5.97. The molecule has 4 rings (SSSR count). The highest BCUT2D eigenvalue weighted by Gasteiger charge is 2.47. The van der Waals surface area contributed by atoms with E-state index in [9.17, 15) is 8.42 Å². The Morgan fingerprint density at radius 2 is 1.94 bits per heavy atom. The standard InChI is InChI=1S/C25H33ClN2O3S/c1-2-4-21(12-16-32(27,29)30)31-22-10-5-18-11-15-28-24(23(18)17-22)25(13-3-14-25)19-6-8-20(26)9-7-19/h5-10,17,21,24,28H,2-4,11-16H2,1H3,(H2,27,29,30). The molecule has 0 bridgehead atoms. The van der Waals surface area contributed by atoms with Crippen LogP contribution in [0.1, 0.15) is 68.2 Å². The van der Waals surface area contributed by atoms with Gasteiger partial charge in [0.05, 0.1) is 11.9 Å². The second kappa shape index (κ2) is 9.72. The van der Waals surface area contributed by atoms with E-state index >= 15 is 0 Å². The van der Waals surface area contributed by atoms with Gasteiger partial charge in [-0.3, -0.25) is 0 Å². The largest absolute Gasteiger partial charge is 0.490 e. The Labute approximate surface area is 196 Å². The zero-order valence-electron chi connectivity index (χ0n) is 18.6. The van der Waals surface area contributed by atoms with Gasteiger partial charge in [0.15, 0.2) is 0 Å².